The number of benzene rings is 2. The van der Waals surface area contributed by atoms with Gasteiger partial charge in [0.05, 0.1) is 0 Å². The third kappa shape index (κ3) is 6.09. The number of carbonyl (C=O) groups excluding carboxylic acids is 1. The molecule has 2 aromatic carbocycles. The first-order valence-electron chi connectivity index (χ1n) is 9.54. The minimum Gasteiger partial charge on any atom is -0.357 e. The first kappa shape index (κ1) is 21.5. The quantitative estimate of drug-likeness (QED) is 0.380. The van der Waals surface area contributed by atoms with Gasteiger partial charge in [0.2, 0.25) is 5.91 Å². The number of nitrogens with one attached hydrogen (secondary N) is 2. The first-order valence-corrected chi connectivity index (χ1v) is 9.54. The van der Waals surface area contributed by atoms with Crippen molar-refractivity contribution in [3.63, 3.8) is 0 Å². The van der Waals surface area contributed by atoms with Crippen LogP contribution >= 0.6 is 24.0 Å². The van der Waals surface area contributed by atoms with Gasteiger partial charge < -0.3 is 15.5 Å². The molecule has 2 aromatic rings. The van der Waals surface area contributed by atoms with Crippen molar-refractivity contribution in [2.24, 2.45) is 4.99 Å². The molecule has 0 aromatic heterocycles. The van der Waals surface area contributed by atoms with Crippen LogP contribution in [-0.2, 0) is 11.2 Å². The lowest BCUT2D eigenvalue weighted by molar-refractivity contribution is -0.128. The zero-order valence-electron chi connectivity index (χ0n) is 15.9. The zero-order valence-corrected chi connectivity index (χ0v) is 18.2. The Bertz CT molecular complexity index is 766. The van der Waals surface area contributed by atoms with E-state index in [1.54, 1.807) is 0 Å². The minimum absolute atomic E-state index is 0. The second kappa shape index (κ2) is 11.1. The minimum atomic E-state index is 0. The van der Waals surface area contributed by atoms with Gasteiger partial charge in [-0.15, -0.1) is 24.0 Å². The molecular weight excluding hydrogens is 451 g/mol. The molecule has 0 unspecified atom stereocenters. The highest BCUT2D eigenvalue weighted by atomic mass is 127. The van der Waals surface area contributed by atoms with Crippen molar-refractivity contribution in [3.05, 3.63) is 48.0 Å². The standard InChI is InChI=1S/C21H28N4O.HI/c1-2-22-21(24-16-20(26)25-14-5-6-15-25)23-13-12-18-10-7-9-17-8-3-4-11-19(17)18;/h3-4,7-11H,2,5-6,12-16H2,1H3,(H2,22,23,24);1H. The predicted octanol–water partition coefficient (Wildman–Crippen LogP) is 3.18. The molecule has 1 heterocycles. The van der Waals surface area contributed by atoms with E-state index in [9.17, 15) is 4.79 Å². The highest BCUT2D eigenvalue weighted by Gasteiger charge is 2.17. The summed E-state index contributed by atoms with van der Waals surface area (Å²) >= 11 is 0. The Morgan fingerprint density at radius 3 is 2.59 bits per heavy atom. The van der Waals surface area contributed by atoms with E-state index in [1.165, 1.54) is 16.3 Å². The van der Waals surface area contributed by atoms with Gasteiger partial charge in [0.25, 0.3) is 0 Å². The van der Waals surface area contributed by atoms with E-state index in [1.807, 2.05) is 11.8 Å². The Morgan fingerprint density at radius 1 is 1.07 bits per heavy atom. The third-order valence-electron chi connectivity index (χ3n) is 4.74. The third-order valence-corrected chi connectivity index (χ3v) is 4.74. The molecule has 0 radical (unpaired) electrons. The number of carbonyl (C=O) groups is 1. The first-order chi connectivity index (χ1) is 12.8. The summed E-state index contributed by atoms with van der Waals surface area (Å²) in [7, 11) is 0. The van der Waals surface area contributed by atoms with E-state index in [0.717, 1.165) is 45.4 Å². The number of hydrogen-bond donors (Lipinski definition) is 2. The molecule has 1 amide bonds. The summed E-state index contributed by atoms with van der Waals surface area (Å²) in [5.74, 6) is 0.828. The van der Waals surface area contributed by atoms with E-state index in [2.05, 4.69) is 58.1 Å². The van der Waals surface area contributed by atoms with Gasteiger partial charge in [-0.25, -0.2) is 4.99 Å². The number of fused-ring (bicyclic) bond motifs is 1. The lowest BCUT2D eigenvalue weighted by Crippen LogP contribution is -2.39. The summed E-state index contributed by atoms with van der Waals surface area (Å²) in [6.07, 6.45) is 3.13. The maximum Gasteiger partial charge on any atom is 0.244 e. The molecule has 2 N–H and O–H groups in total. The van der Waals surface area contributed by atoms with Crippen molar-refractivity contribution in [3.8, 4) is 0 Å². The second-order valence-corrected chi connectivity index (χ2v) is 6.60. The summed E-state index contributed by atoms with van der Waals surface area (Å²) in [5, 5.41) is 9.13. The molecule has 146 valence electrons. The summed E-state index contributed by atoms with van der Waals surface area (Å²) in [4.78, 5) is 18.5. The van der Waals surface area contributed by atoms with Crippen LogP contribution in [0.25, 0.3) is 10.8 Å². The molecule has 1 fully saturated rings. The van der Waals surface area contributed by atoms with Gasteiger partial charge in [0, 0.05) is 26.2 Å². The fourth-order valence-electron chi connectivity index (χ4n) is 3.38. The molecule has 0 aliphatic carbocycles. The molecule has 1 aliphatic heterocycles. The van der Waals surface area contributed by atoms with Gasteiger partial charge in [-0.3, -0.25) is 4.79 Å². The van der Waals surface area contributed by atoms with Gasteiger partial charge >= 0.3 is 0 Å². The van der Waals surface area contributed by atoms with Crippen molar-refractivity contribution < 1.29 is 4.79 Å². The molecule has 0 atom stereocenters. The van der Waals surface area contributed by atoms with Crippen molar-refractivity contribution >= 4 is 46.6 Å². The molecule has 5 nitrogen and oxygen atoms in total. The van der Waals surface area contributed by atoms with E-state index >= 15 is 0 Å². The molecule has 1 saturated heterocycles. The van der Waals surface area contributed by atoms with E-state index in [0.29, 0.717) is 5.96 Å². The Balaban J connectivity index is 0.00000261. The molecule has 0 bridgehead atoms. The van der Waals surface area contributed by atoms with E-state index in [-0.39, 0.29) is 36.4 Å². The van der Waals surface area contributed by atoms with Crippen molar-refractivity contribution in [2.45, 2.75) is 26.2 Å². The van der Waals surface area contributed by atoms with Crippen molar-refractivity contribution in [1.82, 2.24) is 15.5 Å². The molecule has 0 spiro atoms. The lowest BCUT2D eigenvalue weighted by Gasteiger charge is -2.15. The maximum atomic E-state index is 12.2. The smallest absolute Gasteiger partial charge is 0.244 e. The van der Waals surface area contributed by atoms with Crippen LogP contribution in [0.5, 0.6) is 0 Å². The molecule has 6 heteroatoms. The van der Waals surface area contributed by atoms with Crippen LogP contribution in [0.3, 0.4) is 0 Å². The van der Waals surface area contributed by atoms with E-state index in [4.69, 9.17) is 0 Å². The Morgan fingerprint density at radius 2 is 1.81 bits per heavy atom. The normalized spacial score (nSPS) is 14.1. The number of hydrogen-bond acceptors (Lipinski definition) is 2. The van der Waals surface area contributed by atoms with Crippen LogP contribution in [0.1, 0.15) is 25.3 Å². The SMILES string of the molecule is CCNC(=NCC(=O)N1CCCC1)NCCc1cccc2ccccc12.I. The average Bonchev–Trinajstić information content (AvgIpc) is 3.21. The van der Waals surface area contributed by atoms with Gasteiger partial charge in [-0.1, -0.05) is 42.5 Å². The summed E-state index contributed by atoms with van der Waals surface area (Å²) < 4.78 is 0. The Labute approximate surface area is 178 Å². The van der Waals surface area contributed by atoms with Crippen LogP contribution in [0.15, 0.2) is 47.5 Å². The maximum absolute atomic E-state index is 12.2. The lowest BCUT2D eigenvalue weighted by atomic mass is 10.0. The Kier molecular flexibility index (Phi) is 8.84. The van der Waals surface area contributed by atoms with Crippen LogP contribution in [0.4, 0.5) is 0 Å². The number of halogens is 1. The summed E-state index contributed by atoms with van der Waals surface area (Å²) in [6.45, 7) is 5.54. The zero-order chi connectivity index (χ0) is 18.2. The van der Waals surface area contributed by atoms with Crippen LogP contribution in [-0.4, -0.2) is 49.5 Å². The fraction of sp³-hybridized carbons (Fsp3) is 0.429. The highest BCUT2D eigenvalue weighted by molar-refractivity contribution is 14.0. The second-order valence-electron chi connectivity index (χ2n) is 6.60. The molecular formula is C21H29IN4O. The number of amides is 1. The van der Waals surface area contributed by atoms with E-state index < -0.39 is 0 Å². The number of nitrogens with zero attached hydrogens (tertiary/aromatic N) is 2. The van der Waals surface area contributed by atoms with Gasteiger partial charge in [0.15, 0.2) is 5.96 Å². The van der Waals surface area contributed by atoms with Crippen molar-refractivity contribution in [1.29, 1.82) is 0 Å². The fourth-order valence-corrected chi connectivity index (χ4v) is 3.38. The summed E-state index contributed by atoms with van der Waals surface area (Å²) in [6, 6.07) is 14.9. The Hall–Kier alpha value is -1.83. The number of aliphatic imine (C=N–C) groups is 1. The summed E-state index contributed by atoms with van der Waals surface area (Å²) in [5.41, 5.74) is 1.32. The number of guanidine groups is 1. The predicted molar refractivity (Wildman–Crippen MR) is 123 cm³/mol. The van der Waals surface area contributed by atoms with Crippen LogP contribution in [0, 0.1) is 0 Å². The number of rotatable bonds is 6. The number of likely N-dealkylation sites (tertiary alicyclic amines) is 1. The largest absolute Gasteiger partial charge is 0.357 e. The highest BCUT2D eigenvalue weighted by Crippen LogP contribution is 2.18. The van der Waals surface area contributed by atoms with Gasteiger partial charge in [0.1, 0.15) is 6.54 Å². The molecule has 3 rings (SSSR count). The van der Waals surface area contributed by atoms with Gasteiger partial charge in [-0.2, -0.15) is 0 Å². The van der Waals surface area contributed by atoms with Crippen molar-refractivity contribution in [2.75, 3.05) is 32.7 Å². The monoisotopic (exact) mass is 480 g/mol. The van der Waals surface area contributed by atoms with Gasteiger partial charge in [-0.05, 0) is 42.5 Å². The molecule has 0 saturated carbocycles. The van der Waals surface area contributed by atoms with Crippen LogP contribution < -0.4 is 10.6 Å². The molecule has 27 heavy (non-hydrogen) atoms. The van der Waals surface area contributed by atoms with Crippen LogP contribution in [0.2, 0.25) is 0 Å². The molecule has 1 aliphatic rings. The average molecular weight is 480 g/mol. The topological polar surface area (TPSA) is 56.7 Å².